The molecule has 0 aliphatic carbocycles. The zero-order valence-electron chi connectivity index (χ0n) is 19.5. The predicted octanol–water partition coefficient (Wildman–Crippen LogP) is 5.41. The summed E-state index contributed by atoms with van der Waals surface area (Å²) in [4.78, 5) is 29.4. The van der Waals surface area contributed by atoms with Crippen LogP contribution >= 0.6 is 15.9 Å². The molecular weight excluding hydrogens is 496 g/mol. The number of aromatic nitrogens is 3. The van der Waals surface area contributed by atoms with Crippen molar-refractivity contribution in [3.63, 3.8) is 0 Å². The first-order chi connectivity index (χ1) is 16.2. The van der Waals surface area contributed by atoms with Gasteiger partial charge in [0.15, 0.2) is 0 Å². The second-order valence-electron chi connectivity index (χ2n) is 8.27. The van der Waals surface area contributed by atoms with E-state index in [-0.39, 0.29) is 11.1 Å². The highest BCUT2D eigenvalue weighted by molar-refractivity contribution is 9.10. The van der Waals surface area contributed by atoms with Gasteiger partial charge in [-0.05, 0) is 69.2 Å². The van der Waals surface area contributed by atoms with Gasteiger partial charge >= 0.3 is 5.97 Å². The monoisotopic (exact) mass is 520 g/mol. The molecule has 8 heteroatoms. The van der Waals surface area contributed by atoms with E-state index in [9.17, 15) is 14.7 Å². The maximum atomic E-state index is 13.2. The van der Waals surface area contributed by atoms with Crippen molar-refractivity contribution in [1.82, 2.24) is 14.2 Å². The molecule has 2 heterocycles. The molecule has 4 aromatic rings. The molecule has 0 saturated heterocycles. The van der Waals surface area contributed by atoms with Gasteiger partial charge in [0.05, 0.1) is 22.7 Å². The molecule has 0 spiro atoms. The first kappa shape index (κ1) is 23.6. The number of carbonyl (C=O) groups is 1. The lowest BCUT2D eigenvalue weighted by Crippen LogP contribution is -2.22. The van der Waals surface area contributed by atoms with Gasteiger partial charge in [-0.2, -0.15) is 9.78 Å². The van der Waals surface area contributed by atoms with Crippen LogP contribution in [-0.2, 0) is 6.42 Å². The van der Waals surface area contributed by atoms with Gasteiger partial charge in [0.1, 0.15) is 5.82 Å². The van der Waals surface area contributed by atoms with Crippen molar-refractivity contribution in [3.8, 4) is 5.69 Å². The molecule has 0 aliphatic rings. The molecule has 1 N–H and O–H groups in total. The molecule has 7 nitrogen and oxygen atoms in total. The topological polar surface area (TPSA) is 89.5 Å². The van der Waals surface area contributed by atoms with Crippen LogP contribution < -0.4 is 5.56 Å². The van der Waals surface area contributed by atoms with E-state index >= 15 is 0 Å². The first-order valence-corrected chi connectivity index (χ1v) is 11.8. The molecular formula is C26H25BrN4O3. The number of hydrogen-bond donors (Lipinski definition) is 1. The number of nitrogens with zero attached hydrogens (tertiary/aromatic N) is 4. The normalized spacial score (nSPS) is 11.6. The van der Waals surface area contributed by atoms with Crippen LogP contribution in [0.15, 0.2) is 56.8 Å². The Bertz CT molecular complexity index is 1510. The van der Waals surface area contributed by atoms with Crippen molar-refractivity contribution in [2.45, 2.75) is 40.5 Å². The van der Waals surface area contributed by atoms with Crippen LogP contribution in [0.3, 0.4) is 0 Å². The van der Waals surface area contributed by atoms with Crippen LogP contribution in [0, 0.1) is 20.8 Å². The summed E-state index contributed by atoms with van der Waals surface area (Å²) in [5.41, 5.74) is 5.09. The van der Waals surface area contributed by atoms with E-state index in [0.717, 1.165) is 39.1 Å². The molecule has 0 saturated carbocycles. The van der Waals surface area contributed by atoms with Crippen LogP contribution in [0.25, 0.3) is 16.6 Å². The summed E-state index contributed by atoms with van der Waals surface area (Å²) in [6.45, 7) is 7.89. The molecule has 0 radical (unpaired) electrons. The van der Waals surface area contributed by atoms with Gasteiger partial charge in [-0.15, -0.1) is 0 Å². The number of aromatic carboxylic acids is 1. The summed E-state index contributed by atoms with van der Waals surface area (Å²) in [6, 6.07) is 12.5. The second-order valence-corrected chi connectivity index (χ2v) is 9.19. The van der Waals surface area contributed by atoms with E-state index in [4.69, 9.17) is 0 Å². The highest BCUT2D eigenvalue weighted by Gasteiger charge is 2.15. The Morgan fingerprint density at radius 2 is 1.91 bits per heavy atom. The molecule has 174 valence electrons. The van der Waals surface area contributed by atoms with Crippen molar-refractivity contribution < 1.29 is 9.90 Å². The highest BCUT2D eigenvalue weighted by atomic mass is 79.9. The lowest BCUT2D eigenvalue weighted by Gasteiger charge is -2.13. The smallest absolute Gasteiger partial charge is 0.335 e. The van der Waals surface area contributed by atoms with Crippen molar-refractivity contribution in [1.29, 1.82) is 0 Å². The predicted molar refractivity (Wildman–Crippen MR) is 138 cm³/mol. The van der Waals surface area contributed by atoms with Crippen molar-refractivity contribution >= 4 is 39.0 Å². The molecule has 0 fully saturated rings. The number of benzene rings is 2. The summed E-state index contributed by atoms with van der Waals surface area (Å²) in [5, 5.41) is 14.5. The summed E-state index contributed by atoms with van der Waals surface area (Å²) >= 11 is 3.42. The summed E-state index contributed by atoms with van der Waals surface area (Å²) < 4.78 is 4.19. The van der Waals surface area contributed by atoms with E-state index in [1.165, 1.54) is 4.68 Å². The Morgan fingerprint density at radius 1 is 1.15 bits per heavy atom. The molecule has 34 heavy (non-hydrogen) atoms. The summed E-state index contributed by atoms with van der Waals surface area (Å²) in [6.07, 6.45) is 3.12. The molecule has 2 aromatic heterocycles. The van der Waals surface area contributed by atoms with Crippen molar-refractivity contribution in [2.75, 3.05) is 0 Å². The van der Waals surface area contributed by atoms with Gasteiger partial charge in [-0.1, -0.05) is 28.9 Å². The van der Waals surface area contributed by atoms with E-state index in [2.05, 4.69) is 26.0 Å². The minimum absolute atomic E-state index is 0.218. The average Bonchev–Trinajstić information content (AvgIpc) is 3.07. The molecule has 0 amide bonds. The van der Waals surface area contributed by atoms with E-state index in [1.807, 2.05) is 50.5 Å². The number of aryl methyl sites for hydroxylation is 3. The SMILES string of the molecule is CCCc1nc2ccc(Br)cc2c(=O)n1N=Cc1cc(C)n(-c2cc(C(=O)O)ccc2C)c1C. The number of fused-ring (bicyclic) bond motifs is 1. The quantitative estimate of drug-likeness (QED) is 0.344. The number of hydrogen-bond acceptors (Lipinski definition) is 4. The van der Waals surface area contributed by atoms with Crippen LogP contribution in [0.1, 0.15) is 52.0 Å². The van der Waals surface area contributed by atoms with E-state index in [0.29, 0.717) is 23.1 Å². The Labute approximate surface area is 205 Å². The molecule has 4 rings (SSSR count). The number of halogens is 1. The Kier molecular flexibility index (Phi) is 6.52. The molecule has 0 bridgehead atoms. The number of carboxylic acid groups (broad SMARTS) is 1. The van der Waals surface area contributed by atoms with E-state index in [1.54, 1.807) is 30.5 Å². The average molecular weight is 521 g/mol. The highest BCUT2D eigenvalue weighted by Crippen LogP contribution is 2.24. The first-order valence-electron chi connectivity index (χ1n) is 11.0. The minimum atomic E-state index is -0.969. The molecule has 0 aliphatic heterocycles. The van der Waals surface area contributed by atoms with Gasteiger partial charge in [0.2, 0.25) is 0 Å². The second kappa shape index (κ2) is 9.38. The maximum absolute atomic E-state index is 13.2. The standard InChI is InChI=1S/C26H25BrN4O3/c1-5-6-24-29-22-10-9-20(27)13-21(22)25(32)31(24)28-14-19-11-16(3)30(17(19)4)23-12-18(26(33)34)8-7-15(23)2/h7-14H,5-6H2,1-4H3,(H,33,34). The van der Waals surface area contributed by atoms with Crippen LogP contribution in [0.4, 0.5) is 0 Å². The zero-order chi connectivity index (χ0) is 24.6. The third-order valence-electron chi connectivity index (χ3n) is 5.83. The third kappa shape index (κ3) is 4.33. The van der Waals surface area contributed by atoms with Crippen LogP contribution in [0.5, 0.6) is 0 Å². The molecule has 2 aromatic carbocycles. The summed E-state index contributed by atoms with van der Waals surface area (Å²) in [5.74, 6) is -0.360. The summed E-state index contributed by atoms with van der Waals surface area (Å²) in [7, 11) is 0. The van der Waals surface area contributed by atoms with Gasteiger partial charge in [0, 0.05) is 33.5 Å². The van der Waals surface area contributed by atoms with Crippen molar-refractivity contribution in [2.24, 2.45) is 5.10 Å². The zero-order valence-corrected chi connectivity index (χ0v) is 21.0. The maximum Gasteiger partial charge on any atom is 0.335 e. The Hall–Kier alpha value is -3.52. The minimum Gasteiger partial charge on any atom is -0.478 e. The van der Waals surface area contributed by atoms with Crippen LogP contribution in [-0.4, -0.2) is 31.5 Å². The molecule has 0 unspecified atom stereocenters. The number of carboxylic acids is 1. The number of rotatable bonds is 6. The Morgan fingerprint density at radius 3 is 2.62 bits per heavy atom. The Balaban J connectivity index is 1.83. The molecule has 0 atom stereocenters. The van der Waals surface area contributed by atoms with Crippen LogP contribution in [0.2, 0.25) is 0 Å². The van der Waals surface area contributed by atoms with Gasteiger partial charge in [0.25, 0.3) is 5.56 Å². The lowest BCUT2D eigenvalue weighted by molar-refractivity contribution is 0.0697. The third-order valence-corrected chi connectivity index (χ3v) is 6.32. The fraction of sp³-hybridized carbons (Fsp3) is 0.231. The van der Waals surface area contributed by atoms with Gasteiger partial charge in [-0.3, -0.25) is 4.79 Å². The fourth-order valence-corrected chi connectivity index (χ4v) is 4.45. The largest absolute Gasteiger partial charge is 0.478 e. The van der Waals surface area contributed by atoms with E-state index < -0.39 is 5.97 Å². The lowest BCUT2D eigenvalue weighted by atomic mass is 10.1. The fourth-order valence-electron chi connectivity index (χ4n) is 4.09. The van der Waals surface area contributed by atoms with Gasteiger partial charge < -0.3 is 9.67 Å². The van der Waals surface area contributed by atoms with Crippen molar-refractivity contribution in [3.05, 3.63) is 91.2 Å². The van der Waals surface area contributed by atoms with Gasteiger partial charge in [-0.25, -0.2) is 9.78 Å².